The van der Waals surface area contributed by atoms with Crippen molar-refractivity contribution < 1.29 is 17.6 Å². The molecule has 0 aliphatic carbocycles. The third-order valence-electron chi connectivity index (χ3n) is 4.23. The second kappa shape index (κ2) is 7.20. The molecule has 0 fully saturated rings. The normalized spacial score (nSPS) is 13.9. The summed E-state index contributed by atoms with van der Waals surface area (Å²) in [5, 5.41) is 14.9. The standard InChI is InChI=1S/C18H20N4O4S/c1-13-8-10-16(11-9-13)27(24,25)26-22(23)18(19)21-17(12-20-21)14(2)15-6-4-3-5-7-15/h3-12,14,20H,19H2,1-2H3. The summed E-state index contributed by atoms with van der Waals surface area (Å²) in [5.74, 6) is -0.501. The van der Waals surface area contributed by atoms with E-state index in [9.17, 15) is 13.6 Å². The van der Waals surface area contributed by atoms with Crippen LogP contribution < -0.4 is 5.73 Å². The van der Waals surface area contributed by atoms with Crippen LogP contribution in [-0.4, -0.2) is 29.1 Å². The molecule has 0 aliphatic rings. The first kappa shape index (κ1) is 18.6. The number of hydrogen-bond donors (Lipinski definition) is 2. The first-order valence-electron chi connectivity index (χ1n) is 8.22. The van der Waals surface area contributed by atoms with Crippen molar-refractivity contribution in [2.75, 3.05) is 0 Å². The molecular weight excluding hydrogens is 368 g/mol. The zero-order chi connectivity index (χ0) is 19.6. The van der Waals surface area contributed by atoms with Gasteiger partial charge >= 0.3 is 5.96 Å². The molecule has 27 heavy (non-hydrogen) atoms. The van der Waals surface area contributed by atoms with E-state index in [0.29, 0.717) is 5.69 Å². The van der Waals surface area contributed by atoms with Gasteiger partial charge in [0.05, 0.1) is 11.1 Å². The van der Waals surface area contributed by atoms with Gasteiger partial charge in [-0.05, 0) is 29.5 Å². The molecule has 1 unspecified atom stereocenters. The summed E-state index contributed by atoms with van der Waals surface area (Å²) in [5.41, 5.74) is 8.41. The van der Waals surface area contributed by atoms with Gasteiger partial charge in [-0.3, -0.25) is 5.73 Å². The Bertz CT molecular complexity index is 1050. The molecule has 0 amide bonds. The summed E-state index contributed by atoms with van der Waals surface area (Å²) < 4.78 is 30.4. The van der Waals surface area contributed by atoms with Crippen molar-refractivity contribution in [3.05, 3.63) is 82.8 Å². The highest BCUT2D eigenvalue weighted by molar-refractivity contribution is 7.86. The number of nitrogens with one attached hydrogen (secondary N) is 1. The first-order chi connectivity index (χ1) is 12.8. The van der Waals surface area contributed by atoms with Crippen molar-refractivity contribution in [2.45, 2.75) is 24.7 Å². The fraction of sp³-hybridized carbons (Fsp3) is 0.167. The monoisotopic (exact) mass is 388 g/mol. The van der Waals surface area contributed by atoms with E-state index in [2.05, 4.69) is 9.38 Å². The highest BCUT2D eigenvalue weighted by atomic mass is 32.2. The average molecular weight is 388 g/mol. The van der Waals surface area contributed by atoms with Gasteiger partial charge in [0.2, 0.25) is 0 Å². The molecule has 0 spiro atoms. The van der Waals surface area contributed by atoms with Crippen molar-refractivity contribution in [3.63, 3.8) is 0 Å². The zero-order valence-electron chi connectivity index (χ0n) is 14.9. The maximum atomic E-state index is 12.2. The summed E-state index contributed by atoms with van der Waals surface area (Å²) in [6.45, 7) is 3.77. The Morgan fingerprint density at radius 3 is 2.37 bits per heavy atom. The molecule has 0 saturated carbocycles. The summed E-state index contributed by atoms with van der Waals surface area (Å²) in [4.78, 5) is -0.348. The second-order valence-corrected chi connectivity index (χ2v) is 7.65. The van der Waals surface area contributed by atoms with E-state index in [-0.39, 0.29) is 15.7 Å². The predicted molar refractivity (Wildman–Crippen MR) is 100 cm³/mol. The Balaban J connectivity index is 1.84. The maximum Gasteiger partial charge on any atom is 0.413 e. The van der Waals surface area contributed by atoms with Crippen molar-refractivity contribution in [1.82, 2.24) is 9.78 Å². The van der Waals surface area contributed by atoms with Crippen LogP contribution in [0.5, 0.6) is 0 Å². The summed E-state index contributed by atoms with van der Waals surface area (Å²) in [6.07, 6.45) is 1.69. The lowest BCUT2D eigenvalue weighted by Crippen LogP contribution is -2.38. The van der Waals surface area contributed by atoms with Crippen LogP contribution in [0.2, 0.25) is 0 Å². The minimum Gasteiger partial charge on any atom is -0.390 e. The van der Waals surface area contributed by atoms with E-state index in [1.807, 2.05) is 44.2 Å². The second-order valence-electron chi connectivity index (χ2n) is 6.12. The first-order valence-corrected chi connectivity index (χ1v) is 9.62. The largest absolute Gasteiger partial charge is 0.413 e. The van der Waals surface area contributed by atoms with Crippen LogP contribution in [0.3, 0.4) is 0 Å². The molecule has 1 heterocycles. The lowest BCUT2D eigenvalue weighted by molar-refractivity contribution is -0.696. The highest BCUT2D eigenvalue weighted by Gasteiger charge is 2.24. The van der Waals surface area contributed by atoms with Crippen LogP contribution in [0.4, 0.5) is 0 Å². The van der Waals surface area contributed by atoms with E-state index in [1.54, 1.807) is 18.3 Å². The van der Waals surface area contributed by atoms with Crippen molar-refractivity contribution in [3.8, 4) is 0 Å². The molecule has 3 N–H and O–H groups in total. The molecule has 142 valence electrons. The average Bonchev–Trinajstić information content (AvgIpc) is 2.61. The molecule has 1 atom stereocenters. The van der Waals surface area contributed by atoms with Gasteiger partial charge < -0.3 is 9.49 Å². The minimum absolute atomic E-state index is 0.0619. The van der Waals surface area contributed by atoms with Crippen LogP contribution in [0.25, 0.3) is 0 Å². The smallest absolute Gasteiger partial charge is 0.390 e. The van der Waals surface area contributed by atoms with Crippen molar-refractivity contribution in [2.24, 2.45) is 5.73 Å². The fourth-order valence-corrected chi connectivity index (χ4v) is 3.40. The SMILES string of the molecule is Cc1ccc(S(=O)(=O)O[N+]([O-])=C(N)n2[nH]cc2C(C)c2ccccc2)cc1. The Kier molecular flexibility index (Phi) is 4.95. The highest BCUT2D eigenvalue weighted by Crippen LogP contribution is 2.24. The number of aryl methyl sites for hydroxylation is 1. The molecule has 0 aliphatic heterocycles. The van der Waals surface area contributed by atoms with E-state index in [4.69, 9.17) is 5.73 Å². The van der Waals surface area contributed by atoms with Crippen LogP contribution in [0.15, 0.2) is 65.7 Å². The lowest BCUT2D eigenvalue weighted by Gasteiger charge is -2.20. The minimum atomic E-state index is -4.29. The van der Waals surface area contributed by atoms with Crippen LogP contribution in [0.1, 0.15) is 29.7 Å². The molecule has 3 aromatic rings. The molecule has 1 aromatic heterocycles. The summed E-state index contributed by atoms with van der Waals surface area (Å²) >= 11 is 0. The van der Waals surface area contributed by atoms with Gasteiger partial charge in [-0.2, -0.15) is 0 Å². The van der Waals surface area contributed by atoms with Crippen LogP contribution in [0, 0.1) is 12.1 Å². The zero-order valence-corrected chi connectivity index (χ0v) is 15.7. The van der Waals surface area contributed by atoms with Crippen LogP contribution in [-0.2, 0) is 14.4 Å². The molecule has 0 bridgehead atoms. The van der Waals surface area contributed by atoms with Crippen LogP contribution >= 0.6 is 0 Å². The van der Waals surface area contributed by atoms with Gasteiger partial charge in [0.1, 0.15) is 5.69 Å². The molecule has 0 saturated heterocycles. The quantitative estimate of drug-likeness (QED) is 0.301. The van der Waals surface area contributed by atoms with Gasteiger partial charge in [0.25, 0.3) is 10.1 Å². The third kappa shape index (κ3) is 3.82. The topological polar surface area (TPSA) is 116 Å². The van der Waals surface area contributed by atoms with E-state index < -0.39 is 16.1 Å². The van der Waals surface area contributed by atoms with Gasteiger partial charge in [0.15, 0.2) is 0 Å². The van der Waals surface area contributed by atoms with Crippen molar-refractivity contribution in [1.29, 1.82) is 0 Å². The molecule has 3 rings (SSSR count). The van der Waals surface area contributed by atoms with Gasteiger partial charge in [0, 0.05) is 5.92 Å². The van der Waals surface area contributed by atoms with E-state index in [0.717, 1.165) is 11.1 Å². The predicted octanol–water partition coefficient (Wildman–Crippen LogP) is 2.27. The van der Waals surface area contributed by atoms with Gasteiger partial charge in [-0.1, -0.05) is 55.0 Å². The fourth-order valence-electron chi connectivity index (χ4n) is 2.59. The molecule has 9 heteroatoms. The molecule has 0 radical (unpaired) electrons. The Morgan fingerprint density at radius 1 is 1.19 bits per heavy atom. The third-order valence-corrected chi connectivity index (χ3v) is 5.42. The number of H-pyrrole nitrogens is 1. The van der Waals surface area contributed by atoms with Gasteiger partial charge in [-0.15, -0.1) is 4.68 Å². The Hall–Kier alpha value is -3.20. The summed E-state index contributed by atoms with van der Waals surface area (Å²) in [6, 6.07) is 15.6. The number of hydrogen-bond acceptors (Lipinski definition) is 4. The summed E-state index contributed by atoms with van der Waals surface area (Å²) in [7, 11) is -4.29. The maximum absolute atomic E-state index is 12.2. The lowest BCUT2D eigenvalue weighted by atomic mass is 9.98. The number of benzene rings is 2. The number of aromatic amines is 1. The molecule has 8 nitrogen and oxygen atoms in total. The molecular formula is C18H20N4O4S. The number of nitrogens with zero attached hydrogens (tertiary/aromatic N) is 2. The number of aromatic nitrogens is 2. The van der Waals surface area contributed by atoms with E-state index >= 15 is 0 Å². The van der Waals surface area contributed by atoms with Gasteiger partial charge in [-0.25, -0.2) is 13.5 Å². The number of rotatable bonds is 5. The number of nitrogens with two attached hydrogens (primary N) is 1. The van der Waals surface area contributed by atoms with E-state index in [1.165, 1.54) is 16.8 Å². The van der Waals surface area contributed by atoms with Crippen molar-refractivity contribution >= 4 is 16.1 Å². The molecule has 2 aromatic carbocycles. The Labute approximate surface area is 157 Å². The Morgan fingerprint density at radius 2 is 1.81 bits per heavy atom.